The third-order valence-corrected chi connectivity index (χ3v) is 6.43. The molecule has 0 aliphatic heterocycles. The zero-order valence-corrected chi connectivity index (χ0v) is 19.8. The Morgan fingerprint density at radius 1 is 0.912 bits per heavy atom. The predicted molar refractivity (Wildman–Crippen MR) is 135 cm³/mol. The van der Waals surface area contributed by atoms with Gasteiger partial charge >= 0.3 is 0 Å². The van der Waals surface area contributed by atoms with Crippen LogP contribution in [-0.4, -0.2) is 34.8 Å². The van der Waals surface area contributed by atoms with Crippen LogP contribution in [0.25, 0.3) is 0 Å². The number of hydrogen-bond acceptors (Lipinski definition) is 8. The minimum absolute atomic E-state index is 0.171. The normalized spacial score (nSPS) is 10.4. The van der Waals surface area contributed by atoms with Crippen LogP contribution >= 0.6 is 23.1 Å². The van der Waals surface area contributed by atoms with Crippen LogP contribution in [-0.2, 0) is 4.79 Å². The van der Waals surface area contributed by atoms with Gasteiger partial charge in [0, 0.05) is 24.0 Å². The molecule has 0 radical (unpaired) electrons. The van der Waals surface area contributed by atoms with Crippen molar-refractivity contribution in [3.63, 3.8) is 0 Å². The summed E-state index contributed by atoms with van der Waals surface area (Å²) in [4.78, 5) is 24.0. The van der Waals surface area contributed by atoms with Gasteiger partial charge in [-0.2, -0.15) is 0 Å². The molecule has 1 heterocycles. The van der Waals surface area contributed by atoms with E-state index in [1.165, 1.54) is 23.1 Å². The Balaban J connectivity index is 1.26. The van der Waals surface area contributed by atoms with Crippen LogP contribution in [0.3, 0.4) is 0 Å². The number of benzene rings is 3. The fraction of sp³-hybridized carbons (Fsp3) is 0.0833. The number of carbonyl (C=O) groups excluding carboxylic acids is 2. The van der Waals surface area contributed by atoms with Gasteiger partial charge in [-0.1, -0.05) is 47.4 Å². The van der Waals surface area contributed by atoms with Crippen LogP contribution in [0.4, 0.5) is 16.5 Å². The highest BCUT2D eigenvalue weighted by atomic mass is 32.2. The second-order valence-corrected chi connectivity index (χ2v) is 9.13. The lowest BCUT2D eigenvalue weighted by atomic mass is 10.2. The molecule has 10 heteroatoms. The smallest absolute Gasteiger partial charge is 0.251 e. The molecule has 0 saturated carbocycles. The maximum Gasteiger partial charge on any atom is 0.251 e. The van der Waals surface area contributed by atoms with Crippen molar-refractivity contribution < 1.29 is 14.3 Å². The average Bonchev–Trinajstić information content (AvgIpc) is 3.31. The highest BCUT2D eigenvalue weighted by molar-refractivity contribution is 8.01. The largest absolute Gasteiger partial charge is 0.457 e. The van der Waals surface area contributed by atoms with Crippen molar-refractivity contribution >= 4 is 51.4 Å². The topological polar surface area (TPSA) is 105 Å². The van der Waals surface area contributed by atoms with Crippen LogP contribution in [0, 0.1) is 0 Å². The second kappa shape index (κ2) is 11.3. The number of hydrogen-bond donors (Lipinski definition) is 3. The molecule has 0 aliphatic carbocycles. The summed E-state index contributed by atoms with van der Waals surface area (Å²) < 4.78 is 6.46. The van der Waals surface area contributed by atoms with Crippen LogP contribution < -0.4 is 20.7 Å². The van der Waals surface area contributed by atoms with E-state index in [4.69, 9.17) is 4.74 Å². The number of ether oxygens (including phenoxy) is 1. The maximum atomic E-state index is 12.3. The first kappa shape index (κ1) is 23.3. The van der Waals surface area contributed by atoms with Gasteiger partial charge in [-0.05, 0) is 54.6 Å². The van der Waals surface area contributed by atoms with Crippen molar-refractivity contribution in [2.24, 2.45) is 0 Å². The molecule has 0 atom stereocenters. The fourth-order valence-corrected chi connectivity index (χ4v) is 4.45. The molecule has 8 nitrogen and oxygen atoms in total. The van der Waals surface area contributed by atoms with Crippen molar-refractivity contribution in [3.8, 4) is 11.5 Å². The van der Waals surface area contributed by atoms with E-state index in [0.29, 0.717) is 20.7 Å². The fourth-order valence-electron chi connectivity index (χ4n) is 2.88. The van der Waals surface area contributed by atoms with Gasteiger partial charge in [0.2, 0.25) is 11.0 Å². The molecule has 3 N–H and O–H groups in total. The van der Waals surface area contributed by atoms with Crippen molar-refractivity contribution in [1.29, 1.82) is 0 Å². The molecule has 2 amide bonds. The van der Waals surface area contributed by atoms with E-state index in [1.807, 2.05) is 54.6 Å². The van der Waals surface area contributed by atoms with E-state index in [2.05, 4.69) is 26.1 Å². The van der Waals surface area contributed by atoms with Gasteiger partial charge in [0.05, 0.1) is 5.75 Å². The molecule has 172 valence electrons. The molecular weight excluding hydrogens is 470 g/mol. The van der Waals surface area contributed by atoms with Crippen LogP contribution in [0.2, 0.25) is 0 Å². The predicted octanol–water partition coefficient (Wildman–Crippen LogP) is 5.16. The Morgan fingerprint density at radius 2 is 1.68 bits per heavy atom. The molecule has 0 aliphatic rings. The number of rotatable bonds is 9. The molecule has 0 spiro atoms. The Morgan fingerprint density at radius 3 is 2.44 bits per heavy atom. The van der Waals surface area contributed by atoms with E-state index < -0.39 is 0 Å². The summed E-state index contributed by atoms with van der Waals surface area (Å²) in [6, 6.07) is 23.9. The lowest BCUT2D eigenvalue weighted by molar-refractivity contribution is -0.113. The van der Waals surface area contributed by atoms with Crippen molar-refractivity contribution in [1.82, 2.24) is 15.5 Å². The van der Waals surface area contributed by atoms with Crippen LogP contribution in [0.1, 0.15) is 10.4 Å². The highest BCUT2D eigenvalue weighted by Crippen LogP contribution is 2.29. The van der Waals surface area contributed by atoms with Crippen molar-refractivity contribution in [2.45, 2.75) is 4.34 Å². The third-order valence-electron chi connectivity index (χ3n) is 4.45. The van der Waals surface area contributed by atoms with Gasteiger partial charge in [-0.25, -0.2) is 0 Å². The SMILES string of the molecule is CNC(=O)c1cccc(NC(=O)CSc2nnc(Nc3ccc(Oc4ccccc4)cc3)s2)c1. The van der Waals surface area contributed by atoms with Crippen molar-refractivity contribution in [2.75, 3.05) is 23.4 Å². The molecule has 3 aromatic carbocycles. The Labute approximate surface area is 204 Å². The van der Waals surface area contributed by atoms with E-state index in [9.17, 15) is 9.59 Å². The van der Waals surface area contributed by atoms with Crippen molar-refractivity contribution in [3.05, 3.63) is 84.4 Å². The van der Waals surface area contributed by atoms with Gasteiger partial charge in [-0.15, -0.1) is 10.2 Å². The monoisotopic (exact) mass is 491 g/mol. The number of para-hydroxylation sites is 1. The summed E-state index contributed by atoms with van der Waals surface area (Å²) in [5, 5.41) is 17.4. The lowest BCUT2D eigenvalue weighted by Crippen LogP contribution is -2.18. The molecular formula is C24H21N5O3S2. The molecule has 34 heavy (non-hydrogen) atoms. The summed E-state index contributed by atoms with van der Waals surface area (Å²) in [6.45, 7) is 0. The first-order valence-corrected chi connectivity index (χ1v) is 12.1. The number of carbonyl (C=O) groups is 2. The summed E-state index contributed by atoms with van der Waals surface area (Å²) >= 11 is 2.65. The van der Waals surface area contributed by atoms with Gasteiger partial charge in [0.15, 0.2) is 4.34 Å². The number of nitrogens with one attached hydrogen (secondary N) is 3. The molecule has 4 rings (SSSR count). The Hall–Kier alpha value is -3.89. The number of aromatic nitrogens is 2. The van der Waals surface area contributed by atoms with E-state index in [1.54, 1.807) is 31.3 Å². The minimum Gasteiger partial charge on any atom is -0.457 e. The van der Waals surface area contributed by atoms with E-state index >= 15 is 0 Å². The molecule has 1 aromatic heterocycles. The second-order valence-electron chi connectivity index (χ2n) is 6.93. The lowest BCUT2D eigenvalue weighted by Gasteiger charge is -2.07. The van der Waals surface area contributed by atoms with Gasteiger partial charge < -0.3 is 20.7 Å². The summed E-state index contributed by atoms with van der Waals surface area (Å²) in [6.07, 6.45) is 0. The number of nitrogens with zero attached hydrogens (tertiary/aromatic N) is 2. The third kappa shape index (κ3) is 6.56. The van der Waals surface area contributed by atoms with E-state index in [0.717, 1.165) is 17.2 Å². The molecule has 0 bridgehead atoms. The molecule has 0 saturated heterocycles. The maximum absolute atomic E-state index is 12.3. The summed E-state index contributed by atoms with van der Waals surface area (Å²) in [5.41, 5.74) is 1.89. The molecule has 0 fully saturated rings. The zero-order valence-electron chi connectivity index (χ0n) is 18.1. The number of thioether (sulfide) groups is 1. The Bertz CT molecular complexity index is 1260. The molecule has 0 unspecified atom stereocenters. The average molecular weight is 492 g/mol. The first-order valence-electron chi connectivity index (χ1n) is 10.3. The Kier molecular flexibility index (Phi) is 7.74. The first-order chi connectivity index (χ1) is 16.6. The summed E-state index contributed by atoms with van der Waals surface area (Å²) in [5.74, 6) is 1.27. The van der Waals surface area contributed by atoms with Gasteiger partial charge in [0.1, 0.15) is 11.5 Å². The summed E-state index contributed by atoms with van der Waals surface area (Å²) in [7, 11) is 1.56. The van der Waals surface area contributed by atoms with Crippen LogP contribution in [0.15, 0.2) is 83.2 Å². The minimum atomic E-state index is -0.210. The quantitative estimate of drug-likeness (QED) is 0.278. The van der Waals surface area contributed by atoms with Crippen LogP contribution in [0.5, 0.6) is 11.5 Å². The standard InChI is InChI=1S/C24H21N5O3S2/c1-25-22(31)16-6-5-7-18(14-16)26-21(30)15-33-24-29-28-23(34-24)27-17-10-12-20(13-11-17)32-19-8-3-2-4-9-19/h2-14H,15H2,1H3,(H,25,31)(H,26,30)(H,27,28). The van der Waals surface area contributed by atoms with E-state index in [-0.39, 0.29) is 17.6 Å². The highest BCUT2D eigenvalue weighted by Gasteiger charge is 2.10. The number of anilines is 3. The molecule has 4 aromatic rings. The number of amides is 2. The van der Waals surface area contributed by atoms with Gasteiger partial charge in [0.25, 0.3) is 5.91 Å². The zero-order chi connectivity index (χ0) is 23.8. The van der Waals surface area contributed by atoms with Gasteiger partial charge in [-0.3, -0.25) is 9.59 Å².